The van der Waals surface area contributed by atoms with Crippen LogP contribution in [0, 0.1) is 11.3 Å². The fraction of sp³-hybridized carbons (Fsp3) is 0.0392. The summed E-state index contributed by atoms with van der Waals surface area (Å²) in [4.78, 5) is 0. The fourth-order valence-electron chi connectivity index (χ4n) is 10.7. The van der Waals surface area contributed by atoms with Gasteiger partial charge in [0, 0.05) is 16.5 Å². The van der Waals surface area contributed by atoms with Gasteiger partial charge in [-0.1, -0.05) is 140 Å². The molecule has 1 heterocycles. The molecule has 0 saturated carbocycles. The molecule has 0 N–H and O–H groups in total. The highest BCUT2D eigenvalue weighted by Crippen LogP contribution is 2.67. The number of aromatic nitrogens is 1. The lowest BCUT2D eigenvalue weighted by atomic mass is 9.52. The molecular weight excluding hydrogens is 641 g/mol. The number of fused-ring (bicyclic) bond motifs is 19. The number of hydrogen-bond donors (Lipinski definition) is 0. The van der Waals surface area contributed by atoms with E-state index >= 15 is 0 Å². The van der Waals surface area contributed by atoms with Crippen molar-refractivity contribution in [2.75, 3.05) is 0 Å². The molecule has 12 rings (SSSR count). The van der Waals surface area contributed by atoms with Crippen molar-refractivity contribution in [1.29, 1.82) is 5.26 Å². The second-order valence-corrected chi connectivity index (χ2v) is 14.7. The van der Waals surface area contributed by atoms with Crippen LogP contribution in [-0.2, 0) is 10.8 Å². The molecule has 53 heavy (non-hydrogen) atoms. The average Bonchev–Trinajstić information content (AvgIpc) is 3.82. The molecule has 244 valence electrons. The lowest BCUT2D eigenvalue weighted by molar-refractivity contribution is 0.633. The van der Waals surface area contributed by atoms with Gasteiger partial charge in [-0.25, -0.2) is 0 Å². The van der Waals surface area contributed by atoms with Crippen molar-refractivity contribution in [3.05, 3.63) is 232 Å². The number of rotatable bonds is 1. The van der Waals surface area contributed by atoms with E-state index in [1.54, 1.807) is 0 Å². The summed E-state index contributed by atoms with van der Waals surface area (Å²) in [5, 5.41) is 12.1. The average molecular weight is 671 g/mol. The Morgan fingerprint density at radius 1 is 0.358 bits per heavy atom. The molecule has 0 atom stereocenters. The van der Waals surface area contributed by atoms with Crippen LogP contribution < -0.4 is 0 Å². The molecule has 0 amide bonds. The van der Waals surface area contributed by atoms with E-state index < -0.39 is 10.8 Å². The summed E-state index contributed by atoms with van der Waals surface area (Å²) >= 11 is 0. The van der Waals surface area contributed by atoms with E-state index in [9.17, 15) is 5.26 Å². The van der Waals surface area contributed by atoms with Crippen molar-refractivity contribution in [1.82, 2.24) is 4.57 Å². The van der Waals surface area contributed by atoms with Gasteiger partial charge in [-0.2, -0.15) is 5.26 Å². The molecule has 0 bridgehead atoms. The van der Waals surface area contributed by atoms with Gasteiger partial charge in [0.1, 0.15) is 0 Å². The zero-order valence-electron chi connectivity index (χ0n) is 28.7. The molecule has 8 aromatic carbocycles. The summed E-state index contributed by atoms with van der Waals surface area (Å²) in [6.45, 7) is 0. The van der Waals surface area contributed by atoms with Gasteiger partial charge < -0.3 is 4.57 Å². The third-order valence-corrected chi connectivity index (χ3v) is 12.5. The number of benzene rings is 8. The highest BCUT2D eigenvalue weighted by molar-refractivity contribution is 6.12. The predicted molar refractivity (Wildman–Crippen MR) is 214 cm³/mol. The Morgan fingerprint density at radius 2 is 0.792 bits per heavy atom. The summed E-state index contributed by atoms with van der Waals surface area (Å²) in [6.07, 6.45) is 0. The van der Waals surface area contributed by atoms with Crippen LogP contribution in [0.15, 0.2) is 182 Å². The van der Waals surface area contributed by atoms with Crippen LogP contribution in [0.1, 0.15) is 50.1 Å². The number of nitriles is 1. The van der Waals surface area contributed by atoms with Gasteiger partial charge in [0.25, 0.3) is 0 Å². The molecule has 3 aliphatic rings. The Bertz CT molecular complexity index is 2980. The lowest BCUT2D eigenvalue weighted by Crippen LogP contribution is -2.43. The van der Waals surface area contributed by atoms with Crippen LogP contribution in [0.4, 0.5) is 0 Å². The predicted octanol–water partition coefficient (Wildman–Crippen LogP) is 11.7. The zero-order valence-corrected chi connectivity index (χ0v) is 28.7. The van der Waals surface area contributed by atoms with Gasteiger partial charge in [0.05, 0.1) is 33.5 Å². The summed E-state index contributed by atoms with van der Waals surface area (Å²) in [7, 11) is 0. The Balaban J connectivity index is 1.26. The summed E-state index contributed by atoms with van der Waals surface area (Å²) in [5.41, 5.74) is 18.8. The maximum atomic E-state index is 9.62. The van der Waals surface area contributed by atoms with Crippen LogP contribution in [0.2, 0.25) is 0 Å². The normalized spacial score (nSPS) is 14.7. The zero-order chi connectivity index (χ0) is 34.9. The third-order valence-electron chi connectivity index (χ3n) is 12.5. The monoisotopic (exact) mass is 670 g/mol. The molecule has 2 spiro atoms. The van der Waals surface area contributed by atoms with E-state index in [0.29, 0.717) is 5.56 Å². The number of nitrogens with zero attached hydrogens (tertiary/aromatic N) is 2. The van der Waals surface area contributed by atoms with E-state index in [1.807, 2.05) is 12.1 Å². The lowest BCUT2D eigenvalue weighted by Gasteiger charge is -2.48. The minimum Gasteiger partial charge on any atom is -0.309 e. The number of hydrogen-bond acceptors (Lipinski definition) is 1. The van der Waals surface area contributed by atoms with Gasteiger partial charge in [0.2, 0.25) is 0 Å². The quantitative estimate of drug-likeness (QED) is 0.171. The first-order chi connectivity index (χ1) is 26.3. The van der Waals surface area contributed by atoms with Crippen molar-refractivity contribution in [3.63, 3.8) is 0 Å². The molecule has 0 aliphatic heterocycles. The van der Waals surface area contributed by atoms with E-state index in [1.165, 1.54) is 77.5 Å². The molecule has 0 fully saturated rings. The molecular formula is C51H30N2. The van der Waals surface area contributed by atoms with Crippen LogP contribution in [0.5, 0.6) is 0 Å². The van der Waals surface area contributed by atoms with Crippen LogP contribution in [0.3, 0.4) is 0 Å². The second kappa shape index (κ2) is 10.1. The van der Waals surface area contributed by atoms with Crippen LogP contribution in [0.25, 0.3) is 49.7 Å². The van der Waals surface area contributed by atoms with Crippen molar-refractivity contribution in [2.24, 2.45) is 0 Å². The van der Waals surface area contributed by atoms with Gasteiger partial charge in [-0.3, -0.25) is 0 Å². The minimum absolute atomic E-state index is 0.467. The van der Waals surface area contributed by atoms with Crippen molar-refractivity contribution >= 4 is 21.8 Å². The standard InChI is InChI=1S/C51H30N2/c52-31-32-25-27-33(28-26-32)53-48-24-12-4-16-37(48)39-29-38-36-15-3-7-19-42(36)51(47(38)30-49(39)53)45-22-10-8-20-43(45)50(44-21-9-11-23-46(44)51)40-17-5-1-13-34(40)35-14-2-6-18-41(35)50/h1-30H. The highest BCUT2D eigenvalue weighted by Gasteiger charge is 2.58. The largest absolute Gasteiger partial charge is 0.309 e. The summed E-state index contributed by atoms with van der Waals surface area (Å²) < 4.78 is 2.38. The summed E-state index contributed by atoms with van der Waals surface area (Å²) in [6, 6.07) is 69.7. The van der Waals surface area contributed by atoms with Gasteiger partial charge in [0.15, 0.2) is 0 Å². The molecule has 2 heteroatoms. The Labute approximate surface area is 307 Å². The Hall–Kier alpha value is -6.95. The van der Waals surface area contributed by atoms with E-state index in [2.05, 4.69) is 180 Å². The van der Waals surface area contributed by atoms with E-state index in [-0.39, 0.29) is 0 Å². The van der Waals surface area contributed by atoms with Crippen LogP contribution in [-0.4, -0.2) is 4.57 Å². The maximum absolute atomic E-state index is 9.62. The first-order valence-electron chi connectivity index (χ1n) is 18.3. The summed E-state index contributed by atoms with van der Waals surface area (Å²) in [5.74, 6) is 0. The van der Waals surface area contributed by atoms with Crippen molar-refractivity contribution < 1.29 is 0 Å². The highest BCUT2D eigenvalue weighted by atomic mass is 15.0. The maximum Gasteiger partial charge on any atom is 0.0991 e. The molecule has 9 aromatic rings. The number of para-hydroxylation sites is 1. The van der Waals surface area contributed by atoms with E-state index in [0.717, 1.165) is 16.7 Å². The molecule has 0 radical (unpaired) electrons. The molecule has 0 saturated heterocycles. The Kier molecular flexibility index (Phi) is 5.47. The molecule has 1 aromatic heterocycles. The molecule has 2 nitrogen and oxygen atoms in total. The fourth-order valence-corrected chi connectivity index (χ4v) is 10.7. The SMILES string of the molecule is N#Cc1ccc(-n2c3ccccc3c3cc4c(cc32)C2(c3ccccc3-4)c3ccccc3C3(c4ccccc4-c4ccccc43)c3ccccc32)cc1. The molecule has 0 unspecified atom stereocenters. The van der Waals surface area contributed by atoms with E-state index in [4.69, 9.17) is 0 Å². The van der Waals surface area contributed by atoms with Gasteiger partial charge in [-0.05, 0) is 109 Å². The minimum atomic E-state index is -0.559. The first kappa shape index (κ1) is 28.7. The first-order valence-corrected chi connectivity index (χ1v) is 18.3. The second-order valence-electron chi connectivity index (χ2n) is 14.7. The Morgan fingerprint density at radius 3 is 1.32 bits per heavy atom. The van der Waals surface area contributed by atoms with Gasteiger partial charge in [-0.15, -0.1) is 0 Å². The smallest absolute Gasteiger partial charge is 0.0991 e. The van der Waals surface area contributed by atoms with Crippen molar-refractivity contribution in [2.45, 2.75) is 10.8 Å². The van der Waals surface area contributed by atoms with Gasteiger partial charge >= 0.3 is 0 Å². The third kappa shape index (κ3) is 3.30. The topological polar surface area (TPSA) is 28.7 Å². The molecule has 3 aliphatic carbocycles. The van der Waals surface area contributed by atoms with Crippen LogP contribution >= 0.6 is 0 Å². The van der Waals surface area contributed by atoms with Crippen molar-refractivity contribution in [3.8, 4) is 34.0 Å².